The highest BCUT2D eigenvalue weighted by Crippen LogP contribution is 2.28. The van der Waals surface area contributed by atoms with Crippen molar-refractivity contribution in [3.63, 3.8) is 0 Å². The SMILES string of the molecule is Cc1ccc(N(CC(C)C)S(=O)(=O)c2ccc(C=O)cc2)c(C)c1. The van der Waals surface area contributed by atoms with E-state index in [1.54, 1.807) is 0 Å². The van der Waals surface area contributed by atoms with Crippen LogP contribution in [0.2, 0.25) is 0 Å². The first-order chi connectivity index (χ1) is 11.3. The minimum atomic E-state index is -3.69. The minimum Gasteiger partial charge on any atom is -0.298 e. The summed E-state index contributed by atoms with van der Waals surface area (Å²) in [4.78, 5) is 11.0. The quantitative estimate of drug-likeness (QED) is 0.745. The van der Waals surface area contributed by atoms with Gasteiger partial charge in [-0.2, -0.15) is 0 Å². The molecule has 0 aliphatic heterocycles. The van der Waals surface area contributed by atoms with E-state index in [0.29, 0.717) is 24.1 Å². The van der Waals surface area contributed by atoms with Gasteiger partial charge >= 0.3 is 0 Å². The van der Waals surface area contributed by atoms with Crippen molar-refractivity contribution in [3.8, 4) is 0 Å². The van der Waals surface area contributed by atoms with Gasteiger partial charge in [-0.15, -0.1) is 0 Å². The predicted octanol–water partition coefficient (Wildman–Crippen LogP) is 3.97. The Labute approximate surface area is 144 Å². The highest BCUT2D eigenvalue weighted by Gasteiger charge is 2.26. The van der Waals surface area contributed by atoms with E-state index in [1.165, 1.54) is 28.6 Å². The molecular formula is C19H23NO3S. The molecule has 2 aromatic carbocycles. The Hall–Kier alpha value is -2.14. The largest absolute Gasteiger partial charge is 0.298 e. The predicted molar refractivity (Wildman–Crippen MR) is 97.1 cm³/mol. The Kier molecular flexibility index (Phi) is 5.44. The van der Waals surface area contributed by atoms with Crippen molar-refractivity contribution < 1.29 is 13.2 Å². The van der Waals surface area contributed by atoms with Crippen molar-refractivity contribution in [1.29, 1.82) is 0 Å². The topological polar surface area (TPSA) is 54.5 Å². The monoisotopic (exact) mass is 345 g/mol. The number of nitrogens with zero attached hydrogens (tertiary/aromatic N) is 1. The summed E-state index contributed by atoms with van der Waals surface area (Å²) in [6.45, 7) is 8.27. The molecule has 0 radical (unpaired) electrons. The van der Waals surface area contributed by atoms with E-state index in [0.717, 1.165) is 11.1 Å². The van der Waals surface area contributed by atoms with Gasteiger partial charge in [0.25, 0.3) is 10.0 Å². The molecular weight excluding hydrogens is 322 g/mol. The summed E-state index contributed by atoms with van der Waals surface area (Å²) in [5.41, 5.74) is 3.15. The van der Waals surface area contributed by atoms with E-state index >= 15 is 0 Å². The van der Waals surface area contributed by atoms with E-state index in [1.807, 2.05) is 45.9 Å². The second kappa shape index (κ2) is 7.18. The van der Waals surface area contributed by atoms with E-state index in [9.17, 15) is 13.2 Å². The van der Waals surface area contributed by atoms with Crippen LogP contribution in [0.3, 0.4) is 0 Å². The molecule has 2 rings (SSSR count). The summed E-state index contributed by atoms with van der Waals surface area (Å²) in [6.07, 6.45) is 0.701. The molecule has 128 valence electrons. The number of carbonyl (C=O) groups excluding carboxylic acids is 1. The van der Waals surface area contributed by atoms with Crippen molar-refractivity contribution in [2.75, 3.05) is 10.8 Å². The normalized spacial score (nSPS) is 11.5. The third-order valence-corrected chi connectivity index (χ3v) is 5.55. The van der Waals surface area contributed by atoms with Crippen molar-refractivity contribution in [1.82, 2.24) is 0 Å². The van der Waals surface area contributed by atoms with Crippen LogP contribution >= 0.6 is 0 Å². The van der Waals surface area contributed by atoms with Gasteiger partial charge in [0.1, 0.15) is 6.29 Å². The number of aryl methyl sites for hydroxylation is 2. The van der Waals surface area contributed by atoms with Crippen molar-refractivity contribution in [3.05, 3.63) is 59.2 Å². The minimum absolute atomic E-state index is 0.176. The Morgan fingerprint density at radius 2 is 1.67 bits per heavy atom. The van der Waals surface area contributed by atoms with Crippen LogP contribution in [0.15, 0.2) is 47.4 Å². The fourth-order valence-corrected chi connectivity index (χ4v) is 4.28. The molecule has 0 fully saturated rings. The van der Waals surface area contributed by atoms with Gasteiger partial charge in [0.05, 0.1) is 10.6 Å². The van der Waals surface area contributed by atoms with Crippen LogP contribution in [0.1, 0.15) is 35.3 Å². The van der Waals surface area contributed by atoms with Gasteiger partial charge in [0, 0.05) is 12.1 Å². The average molecular weight is 345 g/mol. The number of hydrogen-bond donors (Lipinski definition) is 0. The Morgan fingerprint density at radius 3 is 2.17 bits per heavy atom. The van der Waals surface area contributed by atoms with Crippen LogP contribution in [0.25, 0.3) is 0 Å². The molecule has 0 aliphatic rings. The summed E-state index contributed by atoms with van der Waals surface area (Å²) in [6, 6.07) is 11.8. The zero-order valence-electron chi connectivity index (χ0n) is 14.5. The lowest BCUT2D eigenvalue weighted by atomic mass is 10.1. The first-order valence-corrected chi connectivity index (χ1v) is 9.35. The van der Waals surface area contributed by atoms with Crippen molar-refractivity contribution in [2.45, 2.75) is 32.6 Å². The molecule has 5 heteroatoms. The van der Waals surface area contributed by atoms with E-state index < -0.39 is 10.0 Å². The number of benzene rings is 2. The van der Waals surface area contributed by atoms with Crippen LogP contribution in [0, 0.1) is 19.8 Å². The van der Waals surface area contributed by atoms with Gasteiger partial charge in [-0.05, 0) is 43.5 Å². The highest BCUT2D eigenvalue weighted by molar-refractivity contribution is 7.92. The Morgan fingerprint density at radius 1 is 1.04 bits per heavy atom. The molecule has 0 saturated heterocycles. The summed E-state index contributed by atoms with van der Waals surface area (Å²) < 4.78 is 27.7. The lowest BCUT2D eigenvalue weighted by Gasteiger charge is -2.28. The first kappa shape index (κ1) is 18.2. The van der Waals surface area contributed by atoms with Gasteiger partial charge in [0.2, 0.25) is 0 Å². The highest BCUT2D eigenvalue weighted by atomic mass is 32.2. The van der Waals surface area contributed by atoms with E-state index in [2.05, 4.69) is 0 Å². The summed E-state index contributed by atoms with van der Waals surface area (Å²) in [5.74, 6) is 0.176. The third kappa shape index (κ3) is 3.85. The molecule has 0 aromatic heterocycles. The van der Waals surface area contributed by atoms with Crippen LogP contribution in [-0.4, -0.2) is 21.2 Å². The fourth-order valence-electron chi connectivity index (χ4n) is 2.59. The zero-order chi connectivity index (χ0) is 17.9. The molecule has 0 atom stereocenters. The smallest absolute Gasteiger partial charge is 0.264 e. The van der Waals surface area contributed by atoms with E-state index in [-0.39, 0.29) is 10.8 Å². The molecule has 0 unspecified atom stereocenters. The molecule has 24 heavy (non-hydrogen) atoms. The summed E-state index contributed by atoms with van der Waals surface area (Å²) in [7, 11) is -3.69. The zero-order valence-corrected chi connectivity index (χ0v) is 15.3. The van der Waals surface area contributed by atoms with Gasteiger partial charge in [0.15, 0.2) is 0 Å². The van der Waals surface area contributed by atoms with Crippen LogP contribution in [0.4, 0.5) is 5.69 Å². The van der Waals surface area contributed by atoms with Gasteiger partial charge in [-0.3, -0.25) is 9.10 Å². The lowest BCUT2D eigenvalue weighted by molar-refractivity contribution is 0.112. The molecule has 0 N–H and O–H groups in total. The third-order valence-electron chi connectivity index (χ3n) is 3.76. The number of carbonyl (C=O) groups is 1. The first-order valence-electron chi connectivity index (χ1n) is 7.91. The number of anilines is 1. The molecule has 0 amide bonds. The summed E-state index contributed by atoms with van der Waals surface area (Å²) >= 11 is 0. The van der Waals surface area contributed by atoms with Gasteiger partial charge in [-0.25, -0.2) is 8.42 Å². The number of rotatable bonds is 6. The van der Waals surface area contributed by atoms with Crippen LogP contribution in [0.5, 0.6) is 0 Å². The van der Waals surface area contributed by atoms with Crippen molar-refractivity contribution >= 4 is 22.0 Å². The lowest BCUT2D eigenvalue weighted by Crippen LogP contribution is -2.34. The number of sulfonamides is 1. The second-order valence-electron chi connectivity index (χ2n) is 6.41. The molecule has 2 aromatic rings. The number of aldehydes is 1. The maximum Gasteiger partial charge on any atom is 0.264 e. The maximum absolute atomic E-state index is 13.1. The molecule has 0 bridgehead atoms. The maximum atomic E-state index is 13.1. The average Bonchev–Trinajstić information content (AvgIpc) is 2.53. The van der Waals surface area contributed by atoms with E-state index in [4.69, 9.17) is 0 Å². The Balaban J connectivity index is 2.54. The fraction of sp³-hybridized carbons (Fsp3) is 0.316. The molecule has 0 saturated carbocycles. The van der Waals surface area contributed by atoms with Gasteiger partial charge in [-0.1, -0.05) is 43.7 Å². The second-order valence-corrected chi connectivity index (χ2v) is 8.27. The van der Waals surface area contributed by atoms with Crippen LogP contribution < -0.4 is 4.31 Å². The van der Waals surface area contributed by atoms with Crippen LogP contribution in [-0.2, 0) is 10.0 Å². The van der Waals surface area contributed by atoms with Gasteiger partial charge < -0.3 is 0 Å². The number of hydrogen-bond acceptors (Lipinski definition) is 3. The molecule has 4 nitrogen and oxygen atoms in total. The van der Waals surface area contributed by atoms with Crippen molar-refractivity contribution in [2.24, 2.45) is 5.92 Å². The Bertz CT molecular complexity index is 824. The standard InChI is InChI=1S/C19H23NO3S/c1-14(2)12-20(19-10-5-15(3)11-16(19)4)24(22,23)18-8-6-17(13-21)7-9-18/h5-11,13-14H,12H2,1-4H3. The molecule has 0 heterocycles. The molecule has 0 spiro atoms. The molecule has 0 aliphatic carbocycles. The summed E-state index contributed by atoms with van der Waals surface area (Å²) in [5, 5.41) is 0.